The van der Waals surface area contributed by atoms with Crippen LogP contribution >= 0.6 is 0 Å². The summed E-state index contributed by atoms with van der Waals surface area (Å²) in [5.41, 5.74) is 1.01. The summed E-state index contributed by atoms with van der Waals surface area (Å²) in [6.45, 7) is 2.38. The van der Waals surface area contributed by atoms with Gasteiger partial charge in [-0.25, -0.2) is 0 Å². The van der Waals surface area contributed by atoms with Gasteiger partial charge in [0.1, 0.15) is 0 Å². The average molecular weight is 304 g/mol. The number of ketones is 1. The molecule has 0 heterocycles. The number of rotatable bonds is 1. The Hall–Kier alpha value is -0.670. The molecule has 3 heteroatoms. The molecule has 3 nitrogen and oxygen atoms in total. The van der Waals surface area contributed by atoms with Gasteiger partial charge in [0, 0.05) is 11.3 Å². The summed E-state index contributed by atoms with van der Waals surface area (Å²) in [5, 5.41) is 20.7. The van der Waals surface area contributed by atoms with Gasteiger partial charge in [-0.3, -0.25) is 4.79 Å². The average Bonchev–Trinajstić information content (AvgIpc) is 2.83. The van der Waals surface area contributed by atoms with E-state index >= 15 is 0 Å². The molecule has 0 spiro atoms. The summed E-state index contributed by atoms with van der Waals surface area (Å²) in [5.74, 6) is 0.923. The molecular weight excluding hydrogens is 276 g/mol. The zero-order valence-corrected chi connectivity index (χ0v) is 13.6. The van der Waals surface area contributed by atoms with Crippen LogP contribution in [0.25, 0.3) is 0 Å². The SMILES string of the molecule is C[C@]12CC[C@H]3[C@@H](C(=O)C=C4CCCC[C@@]43CO)[C@@H]1CC[C@@H]2O. The van der Waals surface area contributed by atoms with Gasteiger partial charge in [-0.15, -0.1) is 0 Å². The van der Waals surface area contributed by atoms with E-state index < -0.39 is 0 Å². The molecule has 4 rings (SSSR count). The van der Waals surface area contributed by atoms with Crippen LogP contribution < -0.4 is 0 Å². The molecule has 0 aromatic heterocycles. The van der Waals surface area contributed by atoms with E-state index in [0.717, 1.165) is 44.9 Å². The van der Waals surface area contributed by atoms with Gasteiger partial charge in [0.05, 0.1) is 12.7 Å². The van der Waals surface area contributed by atoms with Crippen molar-refractivity contribution in [3.63, 3.8) is 0 Å². The van der Waals surface area contributed by atoms with E-state index in [1.165, 1.54) is 12.0 Å². The Bertz CT molecular complexity index is 525. The molecule has 3 saturated carbocycles. The topological polar surface area (TPSA) is 57.5 Å². The van der Waals surface area contributed by atoms with Crippen LogP contribution in [0.15, 0.2) is 11.6 Å². The second kappa shape index (κ2) is 4.91. The number of aliphatic hydroxyl groups is 2. The van der Waals surface area contributed by atoms with Crippen LogP contribution in [0.5, 0.6) is 0 Å². The molecule has 122 valence electrons. The maximum Gasteiger partial charge on any atom is 0.159 e. The van der Waals surface area contributed by atoms with Crippen molar-refractivity contribution < 1.29 is 15.0 Å². The fourth-order valence-electron chi connectivity index (χ4n) is 6.50. The van der Waals surface area contributed by atoms with E-state index in [0.29, 0.717) is 11.8 Å². The number of allylic oxidation sites excluding steroid dienone is 1. The van der Waals surface area contributed by atoms with Crippen molar-refractivity contribution in [1.29, 1.82) is 0 Å². The number of hydrogen-bond acceptors (Lipinski definition) is 3. The molecule has 2 N–H and O–H groups in total. The highest BCUT2D eigenvalue weighted by Crippen LogP contribution is 2.63. The fourth-order valence-corrected chi connectivity index (χ4v) is 6.50. The molecule has 0 saturated heterocycles. The van der Waals surface area contributed by atoms with E-state index in [4.69, 9.17) is 0 Å². The minimum absolute atomic E-state index is 0.0323. The summed E-state index contributed by atoms with van der Waals surface area (Å²) < 4.78 is 0. The largest absolute Gasteiger partial charge is 0.395 e. The van der Waals surface area contributed by atoms with Crippen molar-refractivity contribution in [2.24, 2.45) is 28.6 Å². The lowest BCUT2D eigenvalue weighted by Gasteiger charge is -2.56. The number of aliphatic hydroxyl groups excluding tert-OH is 2. The molecule has 4 aliphatic carbocycles. The molecule has 0 radical (unpaired) electrons. The number of hydrogen-bond donors (Lipinski definition) is 2. The van der Waals surface area contributed by atoms with Crippen LogP contribution in [0, 0.1) is 28.6 Å². The van der Waals surface area contributed by atoms with Gasteiger partial charge in [-0.1, -0.05) is 18.9 Å². The van der Waals surface area contributed by atoms with E-state index in [-0.39, 0.29) is 35.2 Å². The fraction of sp³-hybridized carbons (Fsp3) is 0.842. The van der Waals surface area contributed by atoms with Crippen molar-refractivity contribution in [2.45, 2.75) is 64.4 Å². The van der Waals surface area contributed by atoms with Crippen molar-refractivity contribution in [1.82, 2.24) is 0 Å². The standard InChI is InChI=1S/C19H28O3/c1-18-9-7-14-17(13(18)5-6-16(18)22)15(21)10-12-4-2-3-8-19(12,14)11-20/h10,13-14,16-17,20,22H,2-9,11H2,1H3/t13-,14-,16-,17-,18-,19+/m0/s1. The highest BCUT2D eigenvalue weighted by molar-refractivity contribution is 5.94. The van der Waals surface area contributed by atoms with Crippen LogP contribution in [-0.2, 0) is 4.79 Å². The summed E-state index contributed by atoms with van der Waals surface area (Å²) in [6, 6.07) is 0. The molecule has 6 atom stereocenters. The molecular formula is C19H28O3. The Morgan fingerprint density at radius 1 is 1.18 bits per heavy atom. The maximum absolute atomic E-state index is 12.9. The summed E-state index contributed by atoms with van der Waals surface area (Å²) in [4.78, 5) is 12.9. The second-order valence-electron chi connectivity index (χ2n) is 8.47. The van der Waals surface area contributed by atoms with E-state index in [1.807, 2.05) is 6.08 Å². The minimum Gasteiger partial charge on any atom is -0.395 e. The first-order valence-corrected chi connectivity index (χ1v) is 9.07. The highest BCUT2D eigenvalue weighted by Gasteiger charge is 2.61. The van der Waals surface area contributed by atoms with Gasteiger partial charge >= 0.3 is 0 Å². The molecule has 22 heavy (non-hydrogen) atoms. The third-order valence-corrected chi connectivity index (χ3v) is 7.82. The van der Waals surface area contributed by atoms with Crippen LogP contribution in [0.1, 0.15) is 58.3 Å². The predicted molar refractivity (Wildman–Crippen MR) is 84.1 cm³/mol. The van der Waals surface area contributed by atoms with Gasteiger partial charge in [0.2, 0.25) is 0 Å². The van der Waals surface area contributed by atoms with Crippen molar-refractivity contribution in [3.05, 3.63) is 11.6 Å². The van der Waals surface area contributed by atoms with Gasteiger partial charge < -0.3 is 10.2 Å². The number of fused-ring (bicyclic) bond motifs is 5. The zero-order chi connectivity index (χ0) is 15.5. The summed E-state index contributed by atoms with van der Waals surface area (Å²) in [6.07, 6.45) is 9.77. The monoisotopic (exact) mass is 304 g/mol. The first-order valence-electron chi connectivity index (χ1n) is 9.07. The molecule has 0 aliphatic heterocycles. The molecule has 0 aromatic rings. The van der Waals surface area contributed by atoms with Crippen molar-refractivity contribution in [2.75, 3.05) is 6.61 Å². The van der Waals surface area contributed by atoms with Crippen molar-refractivity contribution >= 4 is 5.78 Å². The Morgan fingerprint density at radius 3 is 2.77 bits per heavy atom. The van der Waals surface area contributed by atoms with Gasteiger partial charge in [0.15, 0.2) is 5.78 Å². The first kappa shape index (κ1) is 14.9. The van der Waals surface area contributed by atoms with E-state index in [9.17, 15) is 15.0 Å². The quantitative estimate of drug-likeness (QED) is 0.783. The van der Waals surface area contributed by atoms with Gasteiger partial charge in [-0.05, 0) is 68.3 Å². The lowest BCUT2D eigenvalue weighted by Crippen LogP contribution is -2.55. The number of carbonyl (C=O) groups excluding carboxylic acids is 1. The van der Waals surface area contributed by atoms with E-state index in [2.05, 4.69) is 6.92 Å². The first-order chi connectivity index (χ1) is 10.5. The molecule has 0 aromatic carbocycles. The Morgan fingerprint density at radius 2 is 2.00 bits per heavy atom. The predicted octanol–water partition coefficient (Wildman–Crippen LogP) is 2.85. The van der Waals surface area contributed by atoms with Crippen LogP contribution in [0.2, 0.25) is 0 Å². The van der Waals surface area contributed by atoms with Gasteiger partial charge in [0.25, 0.3) is 0 Å². The Kier molecular flexibility index (Phi) is 3.32. The smallest absolute Gasteiger partial charge is 0.159 e. The molecule has 0 bridgehead atoms. The third kappa shape index (κ3) is 1.73. The van der Waals surface area contributed by atoms with Crippen LogP contribution in [-0.4, -0.2) is 28.7 Å². The Balaban J connectivity index is 1.78. The normalized spacial score (nSPS) is 50.9. The van der Waals surface area contributed by atoms with Crippen molar-refractivity contribution in [3.8, 4) is 0 Å². The highest BCUT2D eigenvalue weighted by atomic mass is 16.3. The minimum atomic E-state index is -0.256. The zero-order valence-electron chi connectivity index (χ0n) is 13.6. The number of carbonyl (C=O) groups is 1. The summed E-state index contributed by atoms with van der Waals surface area (Å²) in [7, 11) is 0. The van der Waals surface area contributed by atoms with Gasteiger partial charge in [-0.2, -0.15) is 0 Å². The third-order valence-electron chi connectivity index (χ3n) is 7.82. The lowest BCUT2D eigenvalue weighted by molar-refractivity contribution is -0.138. The lowest BCUT2D eigenvalue weighted by atomic mass is 9.47. The van der Waals surface area contributed by atoms with E-state index in [1.54, 1.807) is 0 Å². The molecule has 0 amide bonds. The van der Waals surface area contributed by atoms with Crippen LogP contribution in [0.4, 0.5) is 0 Å². The van der Waals surface area contributed by atoms with Crippen LogP contribution in [0.3, 0.4) is 0 Å². The molecule has 4 aliphatic rings. The maximum atomic E-state index is 12.9. The molecule has 0 unspecified atom stereocenters. The molecule has 3 fully saturated rings. The second-order valence-corrected chi connectivity index (χ2v) is 8.47. The summed E-state index contributed by atoms with van der Waals surface area (Å²) >= 11 is 0. The Labute approximate surface area is 132 Å².